The zero-order valence-corrected chi connectivity index (χ0v) is 37.8. The van der Waals surface area contributed by atoms with Crippen LogP contribution in [0.5, 0.6) is 0 Å². The summed E-state index contributed by atoms with van der Waals surface area (Å²) in [5.74, 6) is -0.598. The molecule has 0 bridgehead atoms. The summed E-state index contributed by atoms with van der Waals surface area (Å²) in [6.45, 7) is 4.04. The van der Waals surface area contributed by atoms with Gasteiger partial charge in [0.05, 0.1) is 18.8 Å². The molecular weight excluding hydrogens is 707 g/mol. The number of hydrogen-bond acceptors (Lipinski definition) is 5. The van der Waals surface area contributed by atoms with Crippen LogP contribution in [-0.4, -0.2) is 57.3 Å². The van der Waals surface area contributed by atoms with E-state index < -0.39 is 36.9 Å². The van der Waals surface area contributed by atoms with Gasteiger partial charge in [-0.3, -0.25) is 4.79 Å². The van der Waals surface area contributed by atoms with Gasteiger partial charge in [-0.15, -0.1) is 0 Å². The van der Waals surface area contributed by atoms with Gasteiger partial charge < -0.3 is 25.7 Å². The van der Waals surface area contributed by atoms with E-state index in [9.17, 15) is 25.2 Å². The van der Waals surface area contributed by atoms with Gasteiger partial charge in [-0.1, -0.05) is 211 Å². The van der Waals surface area contributed by atoms with Crippen LogP contribution >= 0.6 is 0 Å². The lowest BCUT2D eigenvalue weighted by Gasteiger charge is -2.27. The van der Waals surface area contributed by atoms with Gasteiger partial charge in [0.25, 0.3) is 0 Å². The van der Waals surface area contributed by atoms with E-state index in [1.54, 1.807) is 0 Å². The Bertz CT molecular complexity index is 904. The number of nitrogens with one attached hydrogen (secondary N) is 1. The molecule has 0 aromatic carbocycles. The van der Waals surface area contributed by atoms with Crippen LogP contribution in [0.4, 0.5) is 0 Å². The highest BCUT2D eigenvalue weighted by molar-refractivity contribution is 5.80. The molecular formula is C51H97NO5. The number of carbonyl (C=O) groups excluding carboxylic acids is 1. The van der Waals surface area contributed by atoms with Gasteiger partial charge in [0.1, 0.15) is 12.2 Å². The van der Waals surface area contributed by atoms with E-state index in [1.807, 2.05) is 0 Å². The van der Waals surface area contributed by atoms with Crippen molar-refractivity contribution in [3.05, 3.63) is 36.5 Å². The van der Waals surface area contributed by atoms with E-state index >= 15 is 0 Å². The Morgan fingerprint density at radius 1 is 0.421 bits per heavy atom. The fourth-order valence-electron chi connectivity index (χ4n) is 7.59. The SMILES string of the molecule is CCCCCCCC/C=C/CC/C=C/CCCC(O)C(O)C(CO)NC(=O)C(O)CCCCCCCCCCCC/C=C\CCCCCCCCCCCCCC. The molecule has 1 amide bonds. The van der Waals surface area contributed by atoms with Gasteiger partial charge in [-0.25, -0.2) is 0 Å². The highest BCUT2D eigenvalue weighted by Gasteiger charge is 2.28. The van der Waals surface area contributed by atoms with Crippen LogP contribution in [0.3, 0.4) is 0 Å². The van der Waals surface area contributed by atoms with E-state index in [0.29, 0.717) is 19.3 Å². The van der Waals surface area contributed by atoms with E-state index in [-0.39, 0.29) is 0 Å². The molecule has 0 aromatic rings. The minimum atomic E-state index is -1.29. The van der Waals surface area contributed by atoms with Crippen molar-refractivity contribution in [2.45, 2.75) is 276 Å². The summed E-state index contributed by atoms with van der Waals surface area (Å²) in [4.78, 5) is 12.5. The second-order valence-electron chi connectivity index (χ2n) is 17.1. The number of aliphatic hydroxyl groups excluding tert-OH is 4. The van der Waals surface area contributed by atoms with Crippen molar-refractivity contribution >= 4 is 5.91 Å². The lowest BCUT2D eigenvalue weighted by Crippen LogP contribution is -2.53. The van der Waals surface area contributed by atoms with Gasteiger partial charge in [-0.2, -0.15) is 0 Å². The third-order valence-corrected chi connectivity index (χ3v) is 11.6. The van der Waals surface area contributed by atoms with E-state index in [4.69, 9.17) is 0 Å². The van der Waals surface area contributed by atoms with Crippen molar-refractivity contribution in [3.8, 4) is 0 Å². The van der Waals surface area contributed by atoms with Crippen molar-refractivity contribution < 1.29 is 25.2 Å². The third-order valence-electron chi connectivity index (χ3n) is 11.6. The number of rotatable bonds is 45. The molecule has 4 atom stereocenters. The number of amides is 1. The van der Waals surface area contributed by atoms with Crippen LogP contribution in [0, 0.1) is 0 Å². The molecule has 0 heterocycles. The Labute approximate surface area is 354 Å². The maximum atomic E-state index is 12.5. The fourth-order valence-corrected chi connectivity index (χ4v) is 7.59. The number of carbonyl (C=O) groups is 1. The van der Waals surface area contributed by atoms with Crippen molar-refractivity contribution in [2.24, 2.45) is 0 Å². The molecule has 0 saturated carbocycles. The average molecular weight is 804 g/mol. The van der Waals surface area contributed by atoms with Crippen molar-refractivity contribution in [2.75, 3.05) is 6.61 Å². The summed E-state index contributed by atoms with van der Waals surface area (Å²) in [6, 6.07) is -1.01. The van der Waals surface area contributed by atoms with E-state index in [1.165, 1.54) is 180 Å². The zero-order valence-electron chi connectivity index (χ0n) is 37.8. The standard InChI is InChI=1S/C51H97NO5/c1-3-5-7-9-11-13-15-17-19-20-21-22-23-24-25-26-27-28-29-31-33-35-37-39-41-43-45-49(55)51(57)52-47(46-53)50(56)48(54)44-42-40-38-36-34-32-30-18-16-14-12-10-8-6-4-2/h18,24-25,30,36,38,47-50,53-56H,3-17,19-23,26-29,31-35,37,39-46H2,1-2H3,(H,52,57)/b25-24-,30-18+,38-36+. The van der Waals surface area contributed by atoms with E-state index in [0.717, 1.165) is 38.5 Å². The average Bonchev–Trinajstić information content (AvgIpc) is 3.22. The van der Waals surface area contributed by atoms with Gasteiger partial charge in [0, 0.05) is 0 Å². The summed E-state index contributed by atoms with van der Waals surface area (Å²) in [7, 11) is 0. The molecule has 0 aliphatic heterocycles. The fraction of sp³-hybridized carbons (Fsp3) is 0.863. The first-order valence-corrected chi connectivity index (χ1v) is 24.9. The molecule has 0 aliphatic rings. The Morgan fingerprint density at radius 2 is 0.737 bits per heavy atom. The van der Waals surface area contributed by atoms with Gasteiger partial charge in [0.15, 0.2) is 0 Å². The Morgan fingerprint density at radius 3 is 1.11 bits per heavy atom. The number of hydrogen-bond donors (Lipinski definition) is 5. The van der Waals surface area contributed by atoms with Crippen LogP contribution in [0.15, 0.2) is 36.5 Å². The molecule has 6 nitrogen and oxygen atoms in total. The molecule has 0 fully saturated rings. The quantitative estimate of drug-likeness (QED) is 0.0311. The largest absolute Gasteiger partial charge is 0.394 e. The highest BCUT2D eigenvalue weighted by Crippen LogP contribution is 2.16. The van der Waals surface area contributed by atoms with E-state index in [2.05, 4.69) is 55.6 Å². The molecule has 336 valence electrons. The van der Waals surface area contributed by atoms with Gasteiger partial charge in [-0.05, 0) is 77.0 Å². The molecule has 6 heteroatoms. The summed E-state index contributed by atoms with van der Waals surface area (Å²) in [5.41, 5.74) is 0. The molecule has 5 N–H and O–H groups in total. The number of allylic oxidation sites excluding steroid dienone is 6. The normalized spacial score (nSPS) is 14.3. The first-order chi connectivity index (χ1) is 28.0. The number of unbranched alkanes of at least 4 members (excludes halogenated alkanes) is 30. The second-order valence-corrected chi connectivity index (χ2v) is 17.1. The summed E-state index contributed by atoms with van der Waals surface area (Å²) in [5, 5.41) is 43.7. The molecule has 4 unspecified atom stereocenters. The van der Waals surface area contributed by atoms with Crippen LogP contribution in [0.2, 0.25) is 0 Å². The smallest absolute Gasteiger partial charge is 0.249 e. The summed E-state index contributed by atoms with van der Waals surface area (Å²) in [6.07, 6.45) is 54.8. The minimum Gasteiger partial charge on any atom is -0.394 e. The first-order valence-electron chi connectivity index (χ1n) is 24.9. The molecule has 57 heavy (non-hydrogen) atoms. The minimum absolute atomic E-state index is 0.359. The summed E-state index contributed by atoms with van der Waals surface area (Å²) >= 11 is 0. The second kappa shape index (κ2) is 45.6. The van der Waals surface area contributed by atoms with Crippen molar-refractivity contribution in [1.82, 2.24) is 5.32 Å². The van der Waals surface area contributed by atoms with Gasteiger partial charge >= 0.3 is 0 Å². The maximum Gasteiger partial charge on any atom is 0.249 e. The van der Waals surface area contributed by atoms with Crippen LogP contribution in [-0.2, 0) is 4.79 Å². The first kappa shape index (κ1) is 55.5. The molecule has 0 aliphatic carbocycles. The Kier molecular flexibility index (Phi) is 44.4. The predicted octanol–water partition coefficient (Wildman–Crippen LogP) is 13.7. The monoisotopic (exact) mass is 804 g/mol. The molecule has 0 saturated heterocycles. The van der Waals surface area contributed by atoms with Crippen LogP contribution in [0.25, 0.3) is 0 Å². The molecule has 0 aromatic heterocycles. The zero-order chi connectivity index (χ0) is 41.7. The predicted molar refractivity (Wildman–Crippen MR) is 247 cm³/mol. The van der Waals surface area contributed by atoms with Crippen molar-refractivity contribution in [3.63, 3.8) is 0 Å². The Balaban J connectivity index is 3.69. The third kappa shape index (κ3) is 39.7. The molecule has 0 rings (SSSR count). The lowest BCUT2D eigenvalue weighted by molar-refractivity contribution is -0.132. The topological polar surface area (TPSA) is 110 Å². The van der Waals surface area contributed by atoms with Crippen LogP contribution < -0.4 is 5.32 Å². The summed E-state index contributed by atoms with van der Waals surface area (Å²) < 4.78 is 0. The molecule has 0 spiro atoms. The highest BCUT2D eigenvalue weighted by atomic mass is 16.3. The van der Waals surface area contributed by atoms with Gasteiger partial charge in [0.2, 0.25) is 5.91 Å². The Hall–Kier alpha value is -1.47. The lowest BCUT2D eigenvalue weighted by atomic mass is 10.00. The van der Waals surface area contributed by atoms with Crippen LogP contribution in [0.1, 0.15) is 251 Å². The maximum absolute atomic E-state index is 12.5. The van der Waals surface area contributed by atoms with Crippen molar-refractivity contribution in [1.29, 1.82) is 0 Å². The number of aliphatic hydroxyl groups is 4. The molecule has 0 radical (unpaired) electrons.